The van der Waals surface area contributed by atoms with Gasteiger partial charge >= 0.3 is 6.09 Å². The van der Waals surface area contributed by atoms with Gasteiger partial charge in [-0.1, -0.05) is 6.07 Å². The van der Waals surface area contributed by atoms with Crippen LogP contribution in [-0.2, 0) is 9.53 Å². The molecule has 0 spiro atoms. The number of pyridine rings is 1. The number of hydrogen-bond acceptors (Lipinski definition) is 5. The summed E-state index contributed by atoms with van der Waals surface area (Å²) >= 11 is 0. The van der Waals surface area contributed by atoms with Gasteiger partial charge in [0.1, 0.15) is 0 Å². The minimum absolute atomic E-state index is 0.0255. The Morgan fingerprint density at radius 2 is 1.79 bits per heavy atom. The molecule has 0 saturated heterocycles. The zero-order chi connectivity index (χ0) is 20.5. The summed E-state index contributed by atoms with van der Waals surface area (Å²) in [5, 5.41) is 2.60. The lowest BCUT2D eigenvalue weighted by Crippen LogP contribution is -2.34. The SMILES string of the molecule is COC(=O)NCCCC(=O)N(c1ccc(N(C)C)cc1)[C@@H](C)c1ccccn1. The van der Waals surface area contributed by atoms with Gasteiger partial charge in [-0.3, -0.25) is 9.78 Å². The third kappa shape index (κ3) is 5.70. The Morgan fingerprint density at radius 1 is 1.11 bits per heavy atom. The van der Waals surface area contributed by atoms with Gasteiger partial charge in [-0.15, -0.1) is 0 Å². The second-order valence-electron chi connectivity index (χ2n) is 6.63. The van der Waals surface area contributed by atoms with E-state index in [-0.39, 0.29) is 11.9 Å². The molecule has 28 heavy (non-hydrogen) atoms. The van der Waals surface area contributed by atoms with Crippen molar-refractivity contribution in [3.63, 3.8) is 0 Å². The summed E-state index contributed by atoms with van der Waals surface area (Å²) in [5.41, 5.74) is 2.69. The Balaban J connectivity index is 2.18. The molecule has 1 atom stereocenters. The fourth-order valence-electron chi connectivity index (χ4n) is 2.87. The number of nitrogens with zero attached hydrogens (tertiary/aromatic N) is 3. The molecule has 0 aliphatic carbocycles. The second-order valence-corrected chi connectivity index (χ2v) is 6.63. The Bertz CT molecular complexity index is 763. The number of amides is 2. The van der Waals surface area contributed by atoms with E-state index in [4.69, 9.17) is 0 Å². The predicted octanol–water partition coefficient (Wildman–Crippen LogP) is 3.38. The highest BCUT2D eigenvalue weighted by Crippen LogP contribution is 2.28. The molecule has 0 bridgehead atoms. The van der Waals surface area contributed by atoms with Crippen molar-refractivity contribution in [1.29, 1.82) is 0 Å². The third-order valence-electron chi connectivity index (χ3n) is 4.44. The second kappa shape index (κ2) is 10.3. The molecule has 0 saturated carbocycles. The van der Waals surface area contributed by atoms with Gasteiger partial charge in [-0.2, -0.15) is 0 Å². The van der Waals surface area contributed by atoms with Gasteiger partial charge in [0, 0.05) is 44.6 Å². The van der Waals surface area contributed by atoms with Crippen LogP contribution in [0.4, 0.5) is 16.2 Å². The Morgan fingerprint density at radius 3 is 2.36 bits per heavy atom. The Kier molecular flexibility index (Phi) is 7.80. The monoisotopic (exact) mass is 384 g/mol. The highest BCUT2D eigenvalue weighted by molar-refractivity contribution is 5.94. The van der Waals surface area contributed by atoms with Crippen LogP contribution < -0.4 is 15.1 Å². The van der Waals surface area contributed by atoms with Crippen molar-refractivity contribution in [2.45, 2.75) is 25.8 Å². The van der Waals surface area contributed by atoms with Crippen molar-refractivity contribution in [3.8, 4) is 0 Å². The van der Waals surface area contributed by atoms with Crippen molar-refractivity contribution >= 4 is 23.4 Å². The Hall–Kier alpha value is -3.09. The summed E-state index contributed by atoms with van der Waals surface area (Å²) in [6.07, 6.45) is 2.06. The maximum Gasteiger partial charge on any atom is 0.406 e. The van der Waals surface area contributed by atoms with Gasteiger partial charge in [0.05, 0.1) is 18.8 Å². The van der Waals surface area contributed by atoms with E-state index in [1.165, 1.54) is 7.11 Å². The van der Waals surface area contributed by atoms with Crippen molar-refractivity contribution in [2.24, 2.45) is 0 Å². The summed E-state index contributed by atoms with van der Waals surface area (Å²) in [4.78, 5) is 32.4. The predicted molar refractivity (Wildman–Crippen MR) is 111 cm³/mol. The van der Waals surface area contributed by atoms with Gasteiger partial charge < -0.3 is 19.9 Å². The molecular formula is C21H28N4O3. The molecule has 1 heterocycles. The maximum absolute atomic E-state index is 13.0. The standard InChI is InChI=1S/C21H28N4O3/c1-16(19-8-5-6-14-22-19)25(18-12-10-17(11-13-18)24(2)3)20(26)9-7-15-23-21(27)28-4/h5-6,8,10-14,16H,7,9,15H2,1-4H3,(H,23,27)/t16-/m0/s1. The number of benzene rings is 1. The molecule has 0 aliphatic heterocycles. The lowest BCUT2D eigenvalue weighted by Gasteiger charge is -2.29. The van der Waals surface area contributed by atoms with E-state index in [0.29, 0.717) is 19.4 Å². The molecule has 2 aromatic rings. The van der Waals surface area contributed by atoms with E-state index < -0.39 is 6.09 Å². The number of methoxy groups -OCH3 is 1. The van der Waals surface area contributed by atoms with E-state index in [9.17, 15) is 9.59 Å². The lowest BCUT2D eigenvalue weighted by molar-refractivity contribution is -0.119. The van der Waals surface area contributed by atoms with Crippen LogP contribution in [0.2, 0.25) is 0 Å². The van der Waals surface area contributed by atoms with E-state index in [1.54, 1.807) is 11.1 Å². The van der Waals surface area contributed by atoms with E-state index in [0.717, 1.165) is 17.1 Å². The highest BCUT2D eigenvalue weighted by atomic mass is 16.5. The summed E-state index contributed by atoms with van der Waals surface area (Å²) in [6.45, 7) is 2.34. The minimum Gasteiger partial charge on any atom is -0.453 e. The molecule has 7 heteroatoms. The number of rotatable bonds is 8. The van der Waals surface area contributed by atoms with Crippen LogP contribution in [0.5, 0.6) is 0 Å². The third-order valence-corrected chi connectivity index (χ3v) is 4.44. The van der Waals surface area contributed by atoms with Crippen molar-refractivity contribution < 1.29 is 14.3 Å². The minimum atomic E-state index is -0.495. The zero-order valence-corrected chi connectivity index (χ0v) is 16.9. The molecule has 0 aliphatic rings. The number of nitrogens with one attached hydrogen (secondary N) is 1. The number of ether oxygens (including phenoxy) is 1. The number of aromatic nitrogens is 1. The van der Waals surface area contributed by atoms with Gasteiger partial charge in [0.15, 0.2) is 0 Å². The molecule has 2 rings (SSSR count). The average molecular weight is 384 g/mol. The van der Waals surface area contributed by atoms with Gasteiger partial charge in [0.2, 0.25) is 5.91 Å². The largest absolute Gasteiger partial charge is 0.453 e. The van der Waals surface area contributed by atoms with Gasteiger partial charge in [-0.25, -0.2) is 4.79 Å². The number of carbonyl (C=O) groups is 2. The van der Waals surface area contributed by atoms with E-state index in [1.807, 2.05) is 68.4 Å². The number of hydrogen-bond donors (Lipinski definition) is 1. The van der Waals surface area contributed by atoms with Crippen LogP contribution in [0.25, 0.3) is 0 Å². The molecular weight excluding hydrogens is 356 g/mol. The topological polar surface area (TPSA) is 74.8 Å². The van der Waals surface area contributed by atoms with Crippen LogP contribution in [0.1, 0.15) is 31.5 Å². The molecule has 7 nitrogen and oxygen atoms in total. The molecule has 0 unspecified atom stereocenters. The summed E-state index contributed by atoms with van der Waals surface area (Å²) in [5.74, 6) is -0.0255. The van der Waals surface area contributed by atoms with Crippen molar-refractivity contribution in [1.82, 2.24) is 10.3 Å². The van der Waals surface area contributed by atoms with Crippen molar-refractivity contribution in [3.05, 3.63) is 54.4 Å². The molecule has 150 valence electrons. The van der Waals surface area contributed by atoms with Crippen LogP contribution in [0.15, 0.2) is 48.7 Å². The fraction of sp³-hybridized carbons (Fsp3) is 0.381. The van der Waals surface area contributed by atoms with Gasteiger partial charge in [0.25, 0.3) is 0 Å². The summed E-state index contributed by atoms with van der Waals surface area (Å²) in [6, 6.07) is 13.3. The summed E-state index contributed by atoms with van der Waals surface area (Å²) in [7, 11) is 5.26. The number of anilines is 2. The Labute approximate surface area is 166 Å². The molecule has 1 aromatic heterocycles. The average Bonchev–Trinajstić information content (AvgIpc) is 2.72. The lowest BCUT2D eigenvalue weighted by atomic mass is 10.1. The van der Waals surface area contributed by atoms with Crippen LogP contribution in [-0.4, -0.2) is 44.7 Å². The molecule has 0 radical (unpaired) electrons. The normalized spacial score (nSPS) is 11.4. The number of carbonyl (C=O) groups excluding carboxylic acids is 2. The molecule has 0 fully saturated rings. The maximum atomic E-state index is 13.0. The molecule has 1 aromatic carbocycles. The molecule has 1 N–H and O–H groups in total. The zero-order valence-electron chi connectivity index (χ0n) is 16.9. The first kappa shape index (κ1) is 21.2. The highest BCUT2D eigenvalue weighted by Gasteiger charge is 2.24. The summed E-state index contributed by atoms with van der Waals surface area (Å²) < 4.78 is 4.54. The van der Waals surface area contributed by atoms with Crippen LogP contribution in [0, 0.1) is 0 Å². The first-order valence-corrected chi connectivity index (χ1v) is 9.26. The molecule has 2 amide bonds. The van der Waals surface area contributed by atoms with Crippen molar-refractivity contribution in [2.75, 3.05) is 37.5 Å². The van der Waals surface area contributed by atoms with E-state index >= 15 is 0 Å². The van der Waals surface area contributed by atoms with Crippen LogP contribution >= 0.6 is 0 Å². The first-order chi connectivity index (χ1) is 13.4. The smallest absolute Gasteiger partial charge is 0.406 e. The number of alkyl carbamates (subject to hydrolysis) is 1. The quantitative estimate of drug-likeness (QED) is 0.706. The van der Waals surface area contributed by atoms with Crippen LogP contribution in [0.3, 0.4) is 0 Å². The first-order valence-electron chi connectivity index (χ1n) is 9.26. The van der Waals surface area contributed by atoms with E-state index in [2.05, 4.69) is 15.0 Å². The fourth-order valence-corrected chi connectivity index (χ4v) is 2.87. The van der Waals surface area contributed by atoms with Gasteiger partial charge in [-0.05, 0) is 49.7 Å².